The maximum absolute atomic E-state index is 12.1. The molecule has 1 aromatic heterocycles. The molecule has 0 atom stereocenters. The third-order valence-electron chi connectivity index (χ3n) is 4.15. The van der Waals surface area contributed by atoms with Crippen molar-refractivity contribution >= 4 is 11.7 Å². The van der Waals surface area contributed by atoms with Crippen molar-refractivity contribution in [2.75, 3.05) is 24.5 Å². The van der Waals surface area contributed by atoms with E-state index in [9.17, 15) is 18.0 Å². The number of rotatable bonds is 3. The Morgan fingerprint density at radius 2 is 2.04 bits per heavy atom. The third-order valence-corrected chi connectivity index (χ3v) is 4.15. The van der Waals surface area contributed by atoms with Crippen LogP contribution < -0.4 is 10.2 Å². The van der Waals surface area contributed by atoms with Gasteiger partial charge in [0.05, 0.1) is 11.3 Å². The van der Waals surface area contributed by atoms with Gasteiger partial charge in [0, 0.05) is 19.0 Å². The van der Waals surface area contributed by atoms with Gasteiger partial charge in [0.25, 0.3) is 0 Å². The number of nitrogens with zero attached hydrogens (tertiary/aromatic N) is 3. The van der Waals surface area contributed by atoms with E-state index in [1.807, 2.05) is 23.2 Å². The van der Waals surface area contributed by atoms with Gasteiger partial charge in [-0.05, 0) is 38.3 Å². The van der Waals surface area contributed by atoms with Gasteiger partial charge in [-0.1, -0.05) is 0 Å². The molecular weight excluding hydrogens is 321 g/mol. The van der Waals surface area contributed by atoms with E-state index in [0.717, 1.165) is 11.4 Å². The Morgan fingerprint density at radius 1 is 1.42 bits per heavy atom. The number of anilines is 1. The van der Waals surface area contributed by atoms with Crippen LogP contribution in [0, 0.1) is 31.1 Å². The van der Waals surface area contributed by atoms with Crippen molar-refractivity contribution in [3.05, 3.63) is 22.9 Å². The second-order valence-electron chi connectivity index (χ2n) is 5.96. The number of nitrogens with one attached hydrogen (secondary N) is 1. The highest BCUT2D eigenvalue weighted by Crippen LogP contribution is 2.25. The van der Waals surface area contributed by atoms with E-state index in [2.05, 4.69) is 11.1 Å². The van der Waals surface area contributed by atoms with E-state index in [4.69, 9.17) is 5.26 Å². The first-order valence-corrected chi connectivity index (χ1v) is 7.69. The van der Waals surface area contributed by atoms with Gasteiger partial charge in [-0.3, -0.25) is 4.79 Å². The van der Waals surface area contributed by atoms with E-state index in [-0.39, 0.29) is 0 Å². The second kappa shape index (κ2) is 7.07. The summed E-state index contributed by atoms with van der Waals surface area (Å²) in [6, 6.07) is 3.94. The third kappa shape index (κ3) is 4.37. The molecule has 5 nitrogen and oxygen atoms in total. The molecule has 1 aliphatic rings. The van der Waals surface area contributed by atoms with Gasteiger partial charge in [0.15, 0.2) is 0 Å². The molecule has 1 amide bonds. The first-order chi connectivity index (χ1) is 11.2. The van der Waals surface area contributed by atoms with Crippen LogP contribution in [-0.2, 0) is 4.79 Å². The molecule has 2 rings (SSSR count). The Labute approximate surface area is 138 Å². The predicted octanol–water partition coefficient (Wildman–Crippen LogP) is 2.47. The molecule has 24 heavy (non-hydrogen) atoms. The smallest absolute Gasteiger partial charge is 0.357 e. The van der Waals surface area contributed by atoms with Gasteiger partial charge in [0.1, 0.15) is 18.4 Å². The van der Waals surface area contributed by atoms with E-state index in [0.29, 0.717) is 37.2 Å². The number of piperidine rings is 1. The van der Waals surface area contributed by atoms with Crippen molar-refractivity contribution in [2.45, 2.75) is 32.9 Å². The summed E-state index contributed by atoms with van der Waals surface area (Å²) in [7, 11) is 0. The van der Waals surface area contributed by atoms with E-state index < -0.39 is 24.5 Å². The predicted molar refractivity (Wildman–Crippen MR) is 82.4 cm³/mol. The highest BCUT2D eigenvalue weighted by Gasteiger charge is 2.31. The largest absolute Gasteiger partial charge is 0.405 e. The van der Waals surface area contributed by atoms with Gasteiger partial charge in [-0.15, -0.1) is 0 Å². The van der Waals surface area contributed by atoms with Crippen molar-refractivity contribution < 1.29 is 18.0 Å². The maximum Gasteiger partial charge on any atom is 0.405 e. The number of aromatic nitrogens is 1. The minimum absolute atomic E-state index is 0.413. The average Bonchev–Trinajstić information content (AvgIpc) is 2.51. The molecule has 0 unspecified atom stereocenters. The summed E-state index contributed by atoms with van der Waals surface area (Å²) < 4.78 is 36.4. The maximum atomic E-state index is 12.1. The molecule has 0 spiro atoms. The van der Waals surface area contributed by atoms with E-state index in [1.54, 1.807) is 6.92 Å². The lowest BCUT2D eigenvalue weighted by atomic mass is 9.95. The lowest BCUT2D eigenvalue weighted by Gasteiger charge is -2.32. The summed E-state index contributed by atoms with van der Waals surface area (Å²) in [6.45, 7) is 3.41. The number of pyridine rings is 1. The van der Waals surface area contributed by atoms with Crippen LogP contribution in [0.4, 0.5) is 19.0 Å². The minimum atomic E-state index is -4.39. The molecule has 0 radical (unpaired) electrons. The molecule has 1 fully saturated rings. The number of hydrogen-bond acceptors (Lipinski definition) is 4. The van der Waals surface area contributed by atoms with Crippen molar-refractivity contribution in [3.63, 3.8) is 0 Å². The minimum Gasteiger partial charge on any atom is -0.357 e. The first-order valence-electron chi connectivity index (χ1n) is 7.69. The Bertz CT molecular complexity index is 635. The van der Waals surface area contributed by atoms with Crippen LogP contribution in [0.1, 0.15) is 29.7 Å². The van der Waals surface area contributed by atoms with Crippen LogP contribution >= 0.6 is 0 Å². The highest BCUT2D eigenvalue weighted by atomic mass is 19.4. The summed E-state index contributed by atoms with van der Waals surface area (Å²) in [5.41, 5.74) is 2.04. The summed E-state index contributed by atoms with van der Waals surface area (Å²) in [4.78, 5) is 18.2. The lowest BCUT2D eigenvalue weighted by molar-refractivity contribution is -0.141. The van der Waals surface area contributed by atoms with Crippen LogP contribution in [0.2, 0.25) is 0 Å². The van der Waals surface area contributed by atoms with Crippen LogP contribution in [0.5, 0.6) is 0 Å². The van der Waals surface area contributed by atoms with E-state index in [1.165, 1.54) is 0 Å². The zero-order chi connectivity index (χ0) is 17.9. The Kier molecular flexibility index (Phi) is 5.32. The Balaban J connectivity index is 1.96. The molecule has 0 saturated carbocycles. The molecule has 1 saturated heterocycles. The Morgan fingerprint density at radius 3 is 2.54 bits per heavy atom. The summed E-state index contributed by atoms with van der Waals surface area (Å²) in [5.74, 6) is -0.227. The Hall–Kier alpha value is -2.30. The van der Waals surface area contributed by atoms with Crippen LogP contribution in [0.25, 0.3) is 0 Å². The number of amides is 1. The van der Waals surface area contributed by atoms with Crippen molar-refractivity contribution in [2.24, 2.45) is 5.92 Å². The fraction of sp³-hybridized carbons (Fsp3) is 0.562. The molecule has 1 N–H and O–H groups in total. The van der Waals surface area contributed by atoms with E-state index >= 15 is 0 Å². The van der Waals surface area contributed by atoms with Gasteiger partial charge in [-0.25, -0.2) is 4.98 Å². The number of hydrogen-bond donors (Lipinski definition) is 1. The van der Waals surface area contributed by atoms with Crippen molar-refractivity contribution in [3.8, 4) is 6.07 Å². The average molecular weight is 340 g/mol. The van der Waals surface area contributed by atoms with Crippen LogP contribution in [0.15, 0.2) is 6.07 Å². The number of halogens is 3. The van der Waals surface area contributed by atoms with Crippen LogP contribution in [0.3, 0.4) is 0 Å². The molecule has 1 aliphatic heterocycles. The standard InChI is InChI=1S/C16H19F3N4O/c1-10-7-14(22-11(2)13(10)8-20)23-5-3-12(4-6-23)15(24)21-9-16(17,18)19/h7,12H,3-6,9H2,1-2H3,(H,21,24). The summed E-state index contributed by atoms with van der Waals surface area (Å²) in [6.07, 6.45) is -3.44. The summed E-state index contributed by atoms with van der Waals surface area (Å²) in [5, 5.41) is 11.0. The zero-order valence-electron chi connectivity index (χ0n) is 13.6. The van der Waals surface area contributed by atoms with Gasteiger partial charge in [0.2, 0.25) is 5.91 Å². The highest BCUT2D eigenvalue weighted by molar-refractivity contribution is 5.79. The molecule has 1 aromatic rings. The quantitative estimate of drug-likeness (QED) is 0.918. The molecule has 8 heteroatoms. The zero-order valence-corrected chi connectivity index (χ0v) is 13.6. The van der Waals surface area contributed by atoms with Gasteiger partial charge in [-0.2, -0.15) is 18.4 Å². The molecule has 0 bridgehead atoms. The first kappa shape index (κ1) is 18.0. The normalized spacial score (nSPS) is 15.9. The van der Waals surface area contributed by atoms with Crippen LogP contribution in [-0.4, -0.2) is 36.7 Å². The molecule has 2 heterocycles. The SMILES string of the molecule is Cc1cc(N2CCC(C(=O)NCC(F)(F)F)CC2)nc(C)c1C#N. The van der Waals surface area contributed by atoms with Gasteiger partial charge < -0.3 is 10.2 Å². The fourth-order valence-electron chi connectivity index (χ4n) is 2.84. The number of carbonyl (C=O) groups excluding carboxylic acids is 1. The fourth-order valence-corrected chi connectivity index (χ4v) is 2.84. The number of alkyl halides is 3. The number of aryl methyl sites for hydroxylation is 2. The van der Waals surface area contributed by atoms with Crippen molar-refractivity contribution in [1.29, 1.82) is 5.26 Å². The van der Waals surface area contributed by atoms with Gasteiger partial charge >= 0.3 is 6.18 Å². The topological polar surface area (TPSA) is 69.0 Å². The molecule has 130 valence electrons. The monoisotopic (exact) mass is 340 g/mol. The molecule has 0 aromatic carbocycles. The summed E-state index contributed by atoms with van der Waals surface area (Å²) >= 11 is 0. The second-order valence-corrected chi connectivity index (χ2v) is 5.96. The molecule has 0 aliphatic carbocycles. The number of nitriles is 1. The lowest BCUT2D eigenvalue weighted by Crippen LogP contribution is -2.43. The molecular formula is C16H19F3N4O. The van der Waals surface area contributed by atoms with Crippen molar-refractivity contribution in [1.82, 2.24) is 10.3 Å². The number of carbonyl (C=O) groups is 1.